The lowest BCUT2D eigenvalue weighted by atomic mass is 9.92. The first-order valence-electron chi connectivity index (χ1n) is 6.22. The van der Waals surface area contributed by atoms with Crippen LogP contribution in [0, 0.1) is 11.6 Å². The molecule has 1 saturated carbocycles. The van der Waals surface area contributed by atoms with E-state index >= 15 is 0 Å². The van der Waals surface area contributed by atoms with Crippen molar-refractivity contribution in [3.63, 3.8) is 0 Å². The standard InChI is InChI=1S/C13H16F2N2OS/c14-8-5-7(13(16)19)6-9(15)12(8)17-10-3-1-2-4-11(10)18/h5-6,10-11,17-18H,1-4H2,(H2,16,19). The van der Waals surface area contributed by atoms with Crippen LogP contribution in [0.3, 0.4) is 0 Å². The maximum atomic E-state index is 13.9. The Morgan fingerprint density at radius 3 is 2.37 bits per heavy atom. The van der Waals surface area contributed by atoms with Gasteiger partial charge in [0, 0.05) is 5.56 Å². The van der Waals surface area contributed by atoms with Crippen molar-refractivity contribution in [3.8, 4) is 0 Å². The minimum atomic E-state index is -0.749. The molecule has 19 heavy (non-hydrogen) atoms. The number of thiocarbonyl (C=S) groups is 1. The highest BCUT2D eigenvalue weighted by atomic mass is 32.1. The van der Waals surface area contributed by atoms with Crippen molar-refractivity contribution >= 4 is 22.9 Å². The van der Waals surface area contributed by atoms with E-state index in [1.54, 1.807) is 0 Å². The Bertz CT molecular complexity index is 473. The van der Waals surface area contributed by atoms with Crippen LogP contribution in [-0.4, -0.2) is 22.2 Å². The van der Waals surface area contributed by atoms with Gasteiger partial charge in [0.15, 0.2) is 0 Å². The molecule has 1 aromatic rings. The number of nitrogens with two attached hydrogens (primary N) is 1. The highest BCUT2D eigenvalue weighted by molar-refractivity contribution is 7.80. The Balaban J connectivity index is 2.22. The molecule has 0 bridgehead atoms. The molecule has 0 radical (unpaired) electrons. The van der Waals surface area contributed by atoms with Gasteiger partial charge in [0.25, 0.3) is 0 Å². The summed E-state index contributed by atoms with van der Waals surface area (Å²) in [6.45, 7) is 0. The summed E-state index contributed by atoms with van der Waals surface area (Å²) in [5.74, 6) is -1.50. The van der Waals surface area contributed by atoms with E-state index in [-0.39, 0.29) is 22.3 Å². The monoisotopic (exact) mass is 286 g/mol. The third kappa shape index (κ3) is 3.19. The number of hydrogen-bond donors (Lipinski definition) is 3. The Labute approximate surface area is 115 Å². The first-order valence-corrected chi connectivity index (χ1v) is 6.63. The molecule has 0 aliphatic heterocycles. The molecular formula is C13H16F2N2OS. The fourth-order valence-electron chi connectivity index (χ4n) is 2.32. The number of rotatable bonds is 3. The number of nitrogens with one attached hydrogen (secondary N) is 1. The van der Waals surface area contributed by atoms with E-state index in [1.807, 2.05) is 0 Å². The van der Waals surface area contributed by atoms with Gasteiger partial charge in [-0.3, -0.25) is 0 Å². The second-order valence-corrected chi connectivity index (χ2v) is 5.22. The zero-order chi connectivity index (χ0) is 14.0. The maximum Gasteiger partial charge on any atom is 0.150 e. The molecule has 1 fully saturated rings. The van der Waals surface area contributed by atoms with Crippen LogP contribution >= 0.6 is 12.2 Å². The Morgan fingerprint density at radius 2 is 1.84 bits per heavy atom. The summed E-state index contributed by atoms with van der Waals surface area (Å²) in [6, 6.07) is 1.87. The molecule has 2 rings (SSSR count). The zero-order valence-electron chi connectivity index (χ0n) is 10.3. The fourth-order valence-corrected chi connectivity index (χ4v) is 2.44. The van der Waals surface area contributed by atoms with E-state index < -0.39 is 17.7 Å². The molecular weight excluding hydrogens is 270 g/mol. The van der Waals surface area contributed by atoms with Crippen molar-refractivity contribution in [3.05, 3.63) is 29.3 Å². The van der Waals surface area contributed by atoms with Crippen LogP contribution in [0.5, 0.6) is 0 Å². The van der Waals surface area contributed by atoms with E-state index in [2.05, 4.69) is 17.5 Å². The van der Waals surface area contributed by atoms with E-state index in [9.17, 15) is 13.9 Å². The molecule has 2 atom stereocenters. The lowest BCUT2D eigenvalue weighted by molar-refractivity contribution is 0.116. The summed E-state index contributed by atoms with van der Waals surface area (Å²) in [5, 5.41) is 12.6. The van der Waals surface area contributed by atoms with Crippen molar-refractivity contribution in [2.45, 2.75) is 37.8 Å². The predicted octanol–water partition coefficient (Wildman–Crippen LogP) is 2.31. The van der Waals surface area contributed by atoms with Crippen LogP contribution in [0.1, 0.15) is 31.2 Å². The summed E-state index contributed by atoms with van der Waals surface area (Å²) in [4.78, 5) is -0.0537. The molecule has 0 saturated heterocycles. The molecule has 0 heterocycles. The number of anilines is 1. The molecule has 4 N–H and O–H groups in total. The van der Waals surface area contributed by atoms with E-state index in [4.69, 9.17) is 5.73 Å². The predicted molar refractivity (Wildman–Crippen MR) is 74.1 cm³/mol. The van der Waals surface area contributed by atoms with E-state index in [0.717, 1.165) is 25.0 Å². The van der Waals surface area contributed by atoms with Crippen LogP contribution in [0.25, 0.3) is 0 Å². The minimum absolute atomic E-state index is 0.0537. The SMILES string of the molecule is NC(=S)c1cc(F)c(NC2CCCCC2O)c(F)c1. The Morgan fingerprint density at radius 1 is 1.26 bits per heavy atom. The summed E-state index contributed by atoms with van der Waals surface area (Å²) in [5.41, 5.74) is 5.27. The van der Waals surface area contributed by atoms with Gasteiger partial charge in [0.2, 0.25) is 0 Å². The number of aliphatic hydroxyl groups is 1. The maximum absolute atomic E-state index is 13.9. The molecule has 1 aliphatic rings. The van der Waals surface area contributed by atoms with Crippen molar-refractivity contribution in [1.29, 1.82) is 0 Å². The van der Waals surface area contributed by atoms with Gasteiger partial charge >= 0.3 is 0 Å². The molecule has 2 unspecified atom stereocenters. The molecule has 1 aromatic carbocycles. The van der Waals surface area contributed by atoms with Crippen LogP contribution < -0.4 is 11.1 Å². The van der Waals surface area contributed by atoms with Crippen molar-refractivity contribution in [1.82, 2.24) is 0 Å². The van der Waals surface area contributed by atoms with Gasteiger partial charge in [-0.1, -0.05) is 25.1 Å². The zero-order valence-corrected chi connectivity index (χ0v) is 11.1. The normalized spacial score (nSPS) is 23.1. The quantitative estimate of drug-likeness (QED) is 0.746. The Hall–Kier alpha value is -1.27. The molecule has 0 amide bonds. The molecule has 104 valence electrons. The minimum Gasteiger partial charge on any atom is -0.391 e. The van der Waals surface area contributed by atoms with Crippen molar-refractivity contribution in [2.75, 3.05) is 5.32 Å². The molecule has 0 spiro atoms. The van der Waals surface area contributed by atoms with Gasteiger partial charge in [-0.2, -0.15) is 0 Å². The van der Waals surface area contributed by atoms with Gasteiger partial charge in [-0.15, -0.1) is 0 Å². The van der Waals surface area contributed by atoms with Gasteiger partial charge in [-0.25, -0.2) is 8.78 Å². The molecule has 3 nitrogen and oxygen atoms in total. The van der Waals surface area contributed by atoms with Crippen LogP contribution in [0.2, 0.25) is 0 Å². The number of hydrogen-bond acceptors (Lipinski definition) is 3. The van der Waals surface area contributed by atoms with Crippen molar-refractivity contribution < 1.29 is 13.9 Å². The lowest BCUT2D eigenvalue weighted by Crippen LogP contribution is -2.36. The lowest BCUT2D eigenvalue weighted by Gasteiger charge is -2.29. The van der Waals surface area contributed by atoms with Crippen LogP contribution in [-0.2, 0) is 0 Å². The smallest absolute Gasteiger partial charge is 0.150 e. The van der Waals surface area contributed by atoms with Crippen LogP contribution in [0.4, 0.5) is 14.5 Å². The van der Waals surface area contributed by atoms with Gasteiger partial charge in [-0.05, 0) is 25.0 Å². The average Bonchev–Trinajstić information content (AvgIpc) is 2.35. The van der Waals surface area contributed by atoms with Gasteiger partial charge in [0.05, 0.1) is 12.1 Å². The second-order valence-electron chi connectivity index (χ2n) is 4.78. The molecule has 1 aliphatic carbocycles. The summed E-state index contributed by atoms with van der Waals surface area (Å²) >= 11 is 4.69. The highest BCUT2D eigenvalue weighted by Crippen LogP contribution is 2.26. The van der Waals surface area contributed by atoms with Crippen LogP contribution in [0.15, 0.2) is 12.1 Å². The third-order valence-electron chi connectivity index (χ3n) is 3.39. The fraction of sp³-hybridized carbons (Fsp3) is 0.462. The first kappa shape index (κ1) is 14.1. The summed E-state index contributed by atoms with van der Waals surface area (Å²) < 4.78 is 27.7. The molecule has 0 aromatic heterocycles. The average molecular weight is 286 g/mol. The number of aliphatic hydroxyl groups excluding tert-OH is 1. The van der Waals surface area contributed by atoms with Crippen molar-refractivity contribution in [2.24, 2.45) is 5.73 Å². The largest absolute Gasteiger partial charge is 0.391 e. The summed E-state index contributed by atoms with van der Waals surface area (Å²) in [6.07, 6.45) is 2.62. The Kier molecular flexibility index (Phi) is 4.31. The van der Waals surface area contributed by atoms with E-state index in [1.165, 1.54) is 0 Å². The number of benzene rings is 1. The van der Waals surface area contributed by atoms with E-state index in [0.29, 0.717) is 12.8 Å². The molecule has 6 heteroatoms. The third-order valence-corrected chi connectivity index (χ3v) is 3.62. The number of halogens is 2. The van der Waals surface area contributed by atoms with Gasteiger partial charge < -0.3 is 16.2 Å². The first-order chi connectivity index (χ1) is 8.99. The highest BCUT2D eigenvalue weighted by Gasteiger charge is 2.25. The topological polar surface area (TPSA) is 58.3 Å². The second kappa shape index (κ2) is 5.79. The summed E-state index contributed by atoms with van der Waals surface area (Å²) in [7, 11) is 0. The van der Waals surface area contributed by atoms with Gasteiger partial charge in [0.1, 0.15) is 22.3 Å².